The molecule has 0 saturated heterocycles. The number of nitrogens with one attached hydrogen (secondary N) is 2. The summed E-state index contributed by atoms with van der Waals surface area (Å²) in [5, 5.41) is 7.95. The molecule has 3 rings (SSSR count). The molecule has 3 aromatic rings. The third kappa shape index (κ3) is 9.59. The van der Waals surface area contributed by atoms with Crippen molar-refractivity contribution in [1.29, 1.82) is 0 Å². The van der Waals surface area contributed by atoms with Gasteiger partial charge in [-0.25, -0.2) is 4.79 Å². The topological polar surface area (TPSA) is 87.7 Å². The van der Waals surface area contributed by atoms with Crippen molar-refractivity contribution in [3.63, 3.8) is 0 Å². The van der Waals surface area contributed by atoms with Crippen LogP contribution in [0.5, 0.6) is 0 Å². The second-order valence-corrected chi connectivity index (χ2v) is 13.3. The third-order valence-corrected chi connectivity index (χ3v) is 8.00. The van der Waals surface area contributed by atoms with Crippen LogP contribution in [0.4, 0.5) is 10.5 Å². The number of terminal acetylenes is 1. The van der Waals surface area contributed by atoms with Crippen LogP contribution in [0.15, 0.2) is 66.7 Å². The van der Waals surface area contributed by atoms with Gasteiger partial charge in [0, 0.05) is 17.3 Å². The quantitative estimate of drug-likeness (QED) is 0.203. The Hall–Kier alpha value is -4.31. The SMILES string of the molecule is C#Cc1ccccc1C(C(=O)Nc1ccc2ccccc2c1)N(C(=O)C(NC(=O)OC(C)(C)C)C(C)CC)C(C)CCC(C)C. The Bertz CT molecular complexity index is 1520. The number of hydrogen-bond acceptors (Lipinski definition) is 4. The molecule has 0 fully saturated rings. The van der Waals surface area contributed by atoms with Gasteiger partial charge in [-0.2, -0.15) is 0 Å². The van der Waals surface area contributed by atoms with Crippen molar-refractivity contribution in [2.75, 3.05) is 5.32 Å². The van der Waals surface area contributed by atoms with Gasteiger partial charge in [-0.05, 0) is 86.9 Å². The van der Waals surface area contributed by atoms with Crippen molar-refractivity contribution < 1.29 is 19.1 Å². The maximum Gasteiger partial charge on any atom is 0.408 e. The van der Waals surface area contributed by atoms with Gasteiger partial charge in [0.1, 0.15) is 17.7 Å². The number of carbonyl (C=O) groups is 3. The standard InChI is InChI=1S/C38H49N3O4/c1-10-26(5)33(40-37(44)45-38(7,8)9)36(43)41(27(6)21-20-25(3)4)34(32-19-15-14-16-28(32)11-2)35(42)39-31-23-22-29-17-12-13-18-30(29)24-31/h2,12-19,22-27,33-34H,10,20-21H2,1,3-9H3,(H,39,42)(H,40,44). The lowest BCUT2D eigenvalue weighted by Crippen LogP contribution is -2.57. The van der Waals surface area contributed by atoms with Crippen molar-refractivity contribution in [3.8, 4) is 12.3 Å². The van der Waals surface area contributed by atoms with Crippen LogP contribution in [-0.4, -0.2) is 40.5 Å². The molecule has 0 bridgehead atoms. The van der Waals surface area contributed by atoms with Crippen LogP contribution in [-0.2, 0) is 14.3 Å². The first-order valence-electron chi connectivity index (χ1n) is 15.9. The fraction of sp³-hybridized carbons (Fsp3) is 0.447. The van der Waals surface area contributed by atoms with Crippen LogP contribution in [0.25, 0.3) is 10.8 Å². The van der Waals surface area contributed by atoms with Gasteiger partial charge in [0.05, 0.1) is 0 Å². The molecular weight excluding hydrogens is 562 g/mol. The molecule has 0 aliphatic heterocycles. The van der Waals surface area contributed by atoms with Gasteiger partial charge in [-0.1, -0.05) is 88.6 Å². The van der Waals surface area contributed by atoms with Gasteiger partial charge in [-0.15, -0.1) is 6.42 Å². The fourth-order valence-corrected chi connectivity index (χ4v) is 5.35. The first kappa shape index (κ1) is 35.2. The van der Waals surface area contributed by atoms with E-state index in [9.17, 15) is 14.4 Å². The van der Waals surface area contributed by atoms with Crippen molar-refractivity contribution in [3.05, 3.63) is 77.9 Å². The number of ether oxygens (including phenoxy) is 1. The molecule has 3 aromatic carbocycles. The molecule has 240 valence electrons. The molecule has 0 heterocycles. The van der Waals surface area contributed by atoms with Crippen molar-refractivity contribution >= 4 is 34.4 Å². The van der Waals surface area contributed by atoms with E-state index < -0.39 is 29.7 Å². The summed E-state index contributed by atoms with van der Waals surface area (Å²) in [6.45, 7) is 15.4. The zero-order valence-electron chi connectivity index (χ0n) is 28.0. The van der Waals surface area contributed by atoms with Gasteiger partial charge < -0.3 is 20.3 Å². The Kier molecular flexibility index (Phi) is 12.2. The first-order valence-corrected chi connectivity index (χ1v) is 15.9. The normalized spacial score (nSPS) is 14.1. The summed E-state index contributed by atoms with van der Waals surface area (Å²) in [7, 11) is 0. The summed E-state index contributed by atoms with van der Waals surface area (Å²) < 4.78 is 5.55. The highest BCUT2D eigenvalue weighted by Gasteiger charge is 2.41. The van der Waals surface area contributed by atoms with Crippen LogP contribution < -0.4 is 10.6 Å². The van der Waals surface area contributed by atoms with E-state index in [4.69, 9.17) is 11.2 Å². The van der Waals surface area contributed by atoms with E-state index in [2.05, 4.69) is 30.4 Å². The van der Waals surface area contributed by atoms with Gasteiger partial charge in [0.15, 0.2) is 0 Å². The van der Waals surface area contributed by atoms with E-state index in [0.29, 0.717) is 35.6 Å². The minimum Gasteiger partial charge on any atom is -0.444 e. The summed E-state index contributed by atoms with van der Waals surface area (Å²) in [5.74, 6) is 2.11. The number of hydrogen-bond donors (Lipinski definition) is 2. The Morgan fingerprint density at radius 2 is 1.56 bits per heavy atom. The Balaban J connectivity index is 2.16. The van der Waals surface area contributed by atoms with Crippen LogP contribution in [0.2, 0.25) is 0 Å². The highest BCUT2D eigenvalue weighted by molar-refractivity contribution is 6.01. The molecule has 0 spiro atoms. The van der Waals surface area contributed by atoms with Gasteiger partial charge in [0.25, 0.3) is 5.91 Å². The van der Waals surface area contributed by atoms with Crippen molar-refractivity contribution in [2.45, 2.75) is 98.4 Å². The molecule has 2 N–H and O–H groups in total. The lowest BCUT2D eigenvalue weighted by Gasteiger charge is -2.40. The van der Waals surface area contributed by atoms with Crippen LogP contribution in [0.1, 0.15) is 91.8 Å². The monoisotopic (exact) mass is 611 g/mol. The zero-order valence-corrected chi connectivity index (χ0v) is 28.0. The van der Waals surface area contributed by atoms with E-state index in [1.807, 2.05) is 75.4 Å². The van der Waals surface area contributed by atoms with Crippen LogP contribution in [0, 0.1) is 24.2 Å². The number of rotatable bonds is 12. The van der Waals surface area contributed by atoms with Gasteiger partial charge >= 0.3 is 6.09 Å². The summed E-state index contributed by atoms with van der Waals surface area (Å²) in [6, 6.07) is 18.5. The van der Waals surface area contributed by atoms with Gasteiger partial charge in [-0.3, -0.25) is 9.59 Å². The highest BCUT2D eigenvalue weighted by Crippen LogP contribution is 2.32. The Labute approximate surface area is 269 Å². The van der Waals surface area contributed by atoms with E-state index in [1.54, 1.807) is 37.8 Å². The van der Waals surface area contributed by atoms with Gasteiger partial charge in [0.2, 0.25) is 5.91 Å². The largest absolute Gasteiger partial charge is 0.444 e. The number of alkyl carbamates (subject to hydrolysis) is 1. The first-order chi connectivity index (χ1) is 21.2. The third-order valence-electron chi connectivity index (χ3n) is 8.00. The van der Waals surface area contributed by atoms with E-state index in [0.717, 1.165) is 17.2 Å². The number of carbonyl (C=O) groups excluding carboxylic acids is 3. The zero-order chi connectivity index (χ0) is 33.3. The van der Waals surface area contributed by atoms with E-state index in [-0.39, 0.29) is 17.9 Å². The molecule has 0 aliphatic carbocycles. The molecule has 7 nitrogen and oxygen atoms in total. The smallest absolute Gasteiger partial charge is 0.408 e. The molecule has 45 heavy (non-hydrogen) atoms. The molecule has 3 amide bonds. The highest BCUT2D eigenvalue weighted by atomic mass is 16.6. The molecule has 0 aliphatic rings. The summed E-state index contributed by atoms with van der Waals surface area (Å²) in [6.07, 6.45) is 7.38. The number of nitrogens with zero attached hydrogens (tertiary/aromatic N) is 1. The maximum atomic E-state index is 14.8. The Morgan fingerprint density at radius 3 is 2.18 bits per heavy atom. The summed E-state index contributed by atoms with van der Waals surface area (Å²) in [5.41, 5.74) is 0.925. The minimum atomic E-state index is -1.06. The fourth-order valence-electron chi connectivity index (χ4n) is 5.35. The lowest BCUT2D eigenvalue weighted by molar-refractivity contribution is -0.144. The number of amides is 3. The maximum absolute atomic E-state index is 14.8. The number of benzene rings is 3. The molecular formula is C38H49N3O4. The predicted octanol–water partition coefficient (Wildman–Crippen LogP) is 8.09. The van der Waals surface area contributed by atoms with Crippen molar-refractivity contribution in [2.24, 2.45) is 11.8 Å². The molecule has 4 atom stereocenters. The number of fused-ring (bicyclic) bond motifs is 1. The second kappa shape index (κ2) is 15.6. The molecule has 0 saturated carbocycles. The average molecular weight is 612 g/mol. The average Bonchev–Trinajstić information content (AvgIpc) is 2.99. The van der Waals surface area contributed by atoms with Crippen LogP contribution in [0.3, 0.4) is 0 Å². The molecule has 0 radical (unpaired) electrons. The summed E-state index contributed by atoms with van der Waals surface area (Å²) in [4.78, 5) is 43.9. The van der Waals surface area contributed by atoms with Crippen LogP contribution >= 0.6 is 0 Å². The van der Waals surface area contributed by atoms with E-state index >= 15 is 0 Å². The molecule has 4 unspecified atom stereocenters. The Morgan fingerprint density at radius 1 is 0.911 bits per heavy atom. The van der Waals surface area contributed by atoms with E-state index in [1.165, 1.54) is 0 Å². The predicted molar refractivity (Wildman–Crippen MR) is 183 cm³/mol. The lowest BCUT2D eigenvalue weighted by atomic mass is 9.91. The number of anilines is 1. The second-order valence-electron chi connectivity index (χ2n) is 13.3. The minimum absolute atomic E-state index is 0.239. The molecule has 7 heteroatoms. The van der Waals surface area contributed by atoms with Crippen molar-refractivity contribution in [1.82, 2.24) is 10.2 Å². The molecule has 0 aromatic heterocycles. The summed E-state index contributed by atoms with van der Waals surface area (Å²) >= 11 is 0.